The first-order chi connectivity index (χ1) is 5.90. The molecule has 1 fully saturated rings. The summed E-state index contributed by atoms with van der Waals surface area (Å²) in [5.41, 5.74) is 3.76. The molecule has 1 aromatic rings. The highest BCUT2D eigenvalue weighted by atomic mass is 32.1. The summed E-state index contributed by atoms with van der Waals surface area (Å²) in [6.45, 7) is 0.712. The van der Waals surface area contributed by atoms with Crippen LogP contribution >= 0.6 is 11.3 Å². The minimum Gasteiger partial charge on any atom is -0.301 e. The zero-order valence-corrected chi connectivity index (χ0v) is 7.10. The van der Waals surface area contributed by atoms with E-state index in [0.29, 0.717) is 11.6 Å². The molecule has 62 valence electrons. The topological polar surface area (TPSA) is 57.9 Å². The Hall–Kier alpha value is -0.960. The van der Waals surface area contributed by atoms with Crippen LogP contribution in [-0.2, 0) is 4.84 Å². The van der Waals surface area contributed by atoms with E-state index in [9.17, 15) is 0 Å². The van der Waals surface area contributed by atoms with Crippen molar-refractivity contribution >= 4 is 11.3 Å². The first-order valence-electron chi connectivity index (χ1n) is 3.63. The maximum absolute atomic E-state index is 8.54. The molecule has 1 aliphatic heterocycles. The van der Waals surface area contributed by atoms with Crippen LogP contribution < -0.4 is 5.48 Å². The van der Waals surface area contributed by atoms with E-state index in [-0.39, 0.29) is 6.04 Å². The molecular weight excluding hydrogens is 174 g/mol. The van der Waals surface area contributed by atoms with E-state index in [0.717, 1.165) is 12.1 Å². The Morgan fingerprint density at radius 1 is 1.83 bits per heavy atom. The van der Waals surface area contributed by atoms with Crippen molar-refractivity contribution in [3.63, 3.8) is 0 Å². The van der Waals surface area contributed by atoms with E-state index >= 15 is 0 Å². The smallest absolute Gasteiger partial charge is 0.194 e. The van der Waals surface area contributed by atoms with Crippen LogP contribution in [0, 0.1) is 11.3 Å². The summed E-state index contributed by atoms with van der Waals surface area (Å²) < 4.78 is 0. The number of aromatic nitrogens is 1. The van der Waals surface area contributed by atoms with Gasteiger partial charge in [0.2, 0.25) is 0 Å². The van der Waals surface area contributed by atoms with Crippen molar-refractivity contribution < 1.29 is 4.84 Å². The Morgan fingerprint density at radius 3 is 3.33 bits per heavy atom. The van der Waals surface area contributed by atoms with E-state index in [1.54, 1.807) is 0 Å². The number of hydrogen-bond donors (Lipinski definition) is 1. The van der Waals surface area contributed by atoms with Gasteiger partial charge in [-0.05, 0) is 6.42 Å². The monoisotopic (exact) mass is 181 g/mol. The van der Waals surface area contributed by atoms with E-state index in [4.69, 9.17) is 10.1 Å². The maximum Gasteiger partial charge on any atom is 0.194 e. The molecule has 12 heavy (non-hydrogen) atoms. The number of nitriles is 1. The molecule has 2 heterocycles. The van der Waals surface area contributed by atoms with Crippen molar-refractivity contribution in [3.8, 4) is 6.07 Å². The molecular formula is C7H7N3OS. The summed E-state index contributed by atoms with van der Waals surface area (Å²) in [6.07, 6.45) is 0.925. The summed E-state index contributed by atoms with van der Waals surface area (Å²) >= 11 is 1.37. The van der Waals surface area contributed by atoms with Crippen molar-refractivity contribution in [2.24, 2.45) is 0 Å². The third kappa shape index (κ3) is 1.32. The molecule has 0 amide bonds. The Kier molecular flexibility index (Phi) is 2.04. The van der Waals surface area contributed by atoms with Gasteiger partial charge in [-0.25, -0.2) is 4.98 Å². The van der Waals surface area contributed by atoms with Crippen LogP contribution in [0.2, 0.25) is 0 Å². The first kappa shape index (κ1) is 7.68. The lowest BCUT2D eigenvalue weighted by Gasteiger charge is -2.01. The zero-order valence-electron chi connectivity index (χ0n) is 6.28. The van der Waals surface area contributed by atoms with Crippen LogP contribution in [-0.4, -0.2) is 11.6 Å². The van der Waals surface area contributed by atoms with E-state index in [2.05, 4.69) is 10.5 Å². The second kappa shape index (κ2) is 3.19. The average Bonchev–Trinajstić information content (AvgIpc) is 2.75. The van der Waals surface area contributed by atoms with E-state index < -0.39 is 0 Å². The number of rotatable bonds is 1. The van der Waals surface area contributed by atoms with Gasteiger partial charge in [-0.3, -0.25) is 0 Å². The van der Waals surface area contributed by atoms with Gasteiger partial charge in [-0.1, -0.05) is 0 Å². The summed E-state index contributed by atoms with van der Waals surface area (Å²) in [7, 11) is 0. The van der Waals surface area contributed by atoms with Gasteiger partial charge in [-0.15, -0.1) is 11.3 Å². The highest BCUT2D eigenvalue weighted by Crippen LogP contribution is 2.22. The minimum atomic E-state index is 0.170. The number of hydroxylamine groups is 1. The third-order valence-corrected chi connectivity index (χ3v) is 2.47. The van der Waals surface area contributed by atoms with Gasteiger partial charge in [0, 0.05) is 5.38 Å². The number of nitrogens with zero attached hydrogens (tertiary/aromatic N) is 2. The highest BCUT2D eigenvalue weighted by Gasteiger charge is 2.19. The van der Waals surface area contributed by atoms with Crippen LogP contribution in [0.5, 0.6) is 0 Å². The molecule has 2 rings (SSSR count). The van der Waals surface area contributed by atoms with Gasteiger partial charge in [0.05, 0.1) is 18.3 Å². The maximum atomic E-state index is 8.54. The molecule has 1 atom stereocenters. The van der Waals surface area contributed by atoms with Crippen LogP contribution in [0.1, 0.15) is 23.2 Å². The SMILES string of the molecule is N#Cc1nc([C@@H]2CCON2)cs1. The molecule has 1 aromatic heterocycles. The van der Waals surface area contributed by atoms with Crippen molar-refractivity contribution in [2.45, 2.75) is 12.5 Å². The van der Waals surface area contributed by atoms with E-state index in [1.807, 2.05) is 11.4 Å². The molecule has 0 aromatic carbocycles. The second-order valence-corrected chi connectivity index (χ2v) is 3.36. The lowest BCUT2D eigenvalue weighted by molar-refractivity contribution is 0.0877. The third-order valence-electron chi connectivity index (χ3n) is 1.71. The van der Waals surface area contributed by atoms with Crippen LogP contribution in [0.15, 0.2) is 5.38 Å². The minimum absolute atomic E-state index is 0.170. The van der Waals surface area contributed by atoms with Gasteiger partial charge >= 0.3 is 0 Å². The number of thiazole rings is 1. The summed E-state index contributed by atoms with van der Waals surface area (Å²) in [5, 5.41) is 10.9. The second-order valence-electron chi connectivity index (χ2n) is 2.50. The van der Waals surface area contributed by atoms with Gasteiger partial charge < -0.3 is 4.84 Å². The Bertz CT molecular complexity index is 311. The molecule has 1 N–H and O–H groups in total. The zero-order chi connectivity index (χ0) is 8.39. The average molecular weight is 181 g/mol. The van der Waals surface area contributed by atoms with Crippen LogP contribution in [0.4, 0.5) is 0 Å². The molecule has 0 aliphatic carbocycles. The molecule has 0 radical (unpaired) electrons. The highest BCUT2D eigenvalue weighted by molar-refractivity contribution is 7.10. The van der Waals surface area contributed by atoms with Crippen LogP contribution in [0.25, 0.3) is 0 Å². The molecule has 0 saturated carbocycles. The molecule has 1 aliphatic rings. The number of nitrogens with one attached hydrogen (secondary N) is 1. The van der Waals surface area contributed by atoms with Crippen molar-refractivity contribution in [1.82, 2.24) is 10.5 Å². The predicted octanol–water partition coefficient (Wildman–Crippen LogP) is 0.981. The van der Waals surface area contributed by atoms with Crippen molar-refractivity contribution in [3.05, 3.63) is 16.1 Å². The van der Waals surface area contributed by atoms with Gasteiger partial charge in [0.15, 0.2) is 5.01 Å². The largest absolute Gasteiger partial charge is 0.301 e. The standard InChI is InChI=1S/C7H7N3OS/c8-3-7-9-6(4-12-7)5-1-2-11-10-5/h4-5,10H,1-2H2/t5-/m0/s1. The van der Waals surface area contributed by atoms with E-state index in [1.165, 1.54) is 11.3 Å². The lowest BCUT2D eigenvalue weighted by Crippen LogP contribution is -2.11. The quantitative estimate of drug-likeness (QED) is 0.701. The van der Waals surface area contributed by atoms with Gasteiger partial charge in [-0.2, -0.15) is 10.7 Å². The first-order valence-corrected chi connectivity index (χ1v) is 4.51. The Labute approximate surface area is 73.8 Å². The van der Waals surface area contributed by atoms with Gasteiger partial charge in [0.25, 0.3) is 0 Å². The summed E-state index contributed by atoms with van der Waals surface area (Å²) in [5.74, 6) is 0. The number of hydrogen-bond acceptors (Lipinski definition) is 5. The Morgan fingerprint density at radius 2 is 2.75 bits per heavy atom. The summed E-state index contributed by atoms with van der Waals surface area (Å²) in [6, 6.07) is 2.18. The van der Waals surface area contributed by atoms with Gasteiger partial charge in [0.1, 0.15) is 6.07 Å². The molecule has 5 heteroatoms. The summed E-state index contributed by atoms with van der Waals surface area (Å²) in [4.78, 5) is 9.11. The fourth-order valence-corrected chi connectivity index (χ4v) is 1.76. The molecule has 0 unspecified atom stereocenters. The fraction of sp³-hybridized carbons (Fsp3) is 0.429. The van der Waals surface area contributed by atoms with Crippen molar-refractivity contribution in [1.29, 1.82) is 5.26 Å². The fourth-order valence-electron chi connectivity index (χ4n) is 1.10. The van der Waals surface area contributed by atoms with Crippen LogP contribution in [0.3, 0.4) is 0 Å². The molecule has 4 nitrogen and oxygen atoms in total. The molecule has 0 bridgehead atoms. The molecule has 0 spiro atoms. The van der Waals surface area contributed by atoms with Crippen molar-refractivity contribution in [2.75, 3.05) is 6.61 Å². The Balaban J connectivity index is 2.17. The molecule has 1 saturated heterocycles. The lowest BCUT2D eigenvalue weighted by atomic mass is 10.2. The normalized spacial score (nSPS) is 22.4. The predicted molar refractivity (Wildman–Crippen MR) is 43.3 cm³/mol.